The summed E-state index contributed by atoms with van der Waals surface area (Å²) in [7, 11) is 0. The standard InChI is InChI=1S/C4H7Br.CO2/c1-3-4(2)5;2-1-3/h2-3H2,1H3;. The minimum absolute atomic E-state index is 0.250. The van der Waals surface area contributed by atoms with Gasteiger partial charge in [-0.05, 0) is 10.9 Å². The Morgan fingerprint density at radius 1 is 1.75 bits per heavy atom. The van der Waals surface area contributed by atoms with Crippen LogP contribution in [0, 0.1) is 0 Å². The lowest BCUT2D eigenvalue weighted by Gasteiger charge is -1.76. The van der Waals surface area contributed by atoms with E-state index < -0.39 is 0 Å². The topological polar surface area (TPSA) is 34.1 Å². The van der Waals surface area contributed by atoms with Crippen LogP contribution in [-0.4, -0.2) is 6.15 Å². The van der Waals surface area contributed by atoms with Crippen molar-refractivity contribution in [1.82, 2.24) is 0 Å². The Labute approximate surface area is 56.7 Å². The van der Waals surface area contributed by atoms with Gasteiger partial charge in [0.05, 0.1) is 0 Å². The fraction of sp³-hybridized carbons (Fsp3) is 0.400. The van der Waals surface area contributed by atoms with Crippen LogP contribution in [0.15, 0.2) is 11.1 Å². The lowest BCUT2D eigenvalue weighted by atomic mass is 10.5. The summed E-state index contributed by atoms with van der Waals surface area (Å²) in [5.74, 6) is 0. The lowest BCUT2D eigenvalue weighted by molar-refractivity contribution is -0.191. The van der Waals surface area contributed by atoms with E-state index in [-0.39, 0.29) is 6.15 Å². The van der Waals surface area contributed by atoms with Crippen LogP contribution in [0.1, 0.15) is 13.3 Å². The zero-order valence-corrected chi connectivity index (χ0v) is 6.19. The van der Waals surface area contributed by atoms with Crippen LogP contribution in [0.25, 0.3) is 0 Å². The van der Waals surface area contributed by atoms with Gasteiger partial charge in [-0.25, -0.2) is 0 Å². The van der Waals surface area contributed by atoms with E-state index in [1.165, 1.54) is 0 Å². The first-order chi connectivity index (χ1) is 3.68. The fourth-order valence-corrected chi connectivity index (χ4v) is 0. The zero-order chi connectivity index (χ0) is 6.99. The summed E-state index contributed by atoms with van der Waals surface area (Å²) in [5.41, 5.74) is 0. The number of carbonyl (C=O) groups excluding carboxylic acids is 2. The summed E-state index contributed by atoms with van der Waals surface area (Å²) in [4.78, 5) is 16.2. The molecule has 0 bridgehead atoms. The average molecular weight is 179 g/mol. The lowest BCUT2D eigenvalue weighted by Crippen LogP contribution is -1.51. The molecule has 0 unspecified atom stereocenters. The molecule has 0 aromatic carbocycles. The first-order valence-electron chi connectivity index (χ1n) is 2.01. The molecule has 0 saturated carbocycles. The second-order valence-electron chi connectivity index (χ2n) is 0.954. The molecule has 0 aliphatic rings. The summed E-state index contributed by atoms with van der Waals surface area (Å²) in [6, 6.07) is 0. The molecule has 0 saturated heterocycles. The normalized spacial score (nSPS) is 5.75. The third-order valence-electron chi connectivity index (χ3n) is 0.384. The van der Waals surface area contributed by atoms with Crippen molar-refractivity contribution in [3.05, 3.63) is 11.1 Å². The van der Waals surface area contributed by atoms with Gasteiger partial charge < -0.3 is 0 Å². The van der Waals surface area contributed by atoms with Gasteiger partial charge >= 0.3 is 6.15 Å². The molecular formula is C5H7BrO2. The van der Waals surface area contributed by atoms with Gasteiger partial charge in [-0.15, -0.1) is 0 Å². The van der Waals surface area contributed by atoms with E-state index in [2.05, 4.69) is 29.4 Å². The molecule has 0 aliphatic heterocycles. The predicted molar refractivity (Wildman–Crippen MR) is 33.4 cm³/mol. The second-order valence-corrected chi connectivity index (χ2v) is 2.08. The third kappa shape index (κ3) is 46.3. The van der Waals surface area contributed by atoms with Crippen LogP contribution in [-0.2, 0) is 9.59 Å². The monoisotopic (exact) mass is 178 g/mol. The molecular weight excluding hydrogens is 172 g/mol. The van der Waals surface area contributed by atoms with Gasteiger partial charge in [-0.2, -0.15) is 9.59 Å². The highest BCUT2D eigenvalue weighted by atomic mass is 79.9. The van der Waals surface area contributed by atoms with Crippen molar-refractivity contribution in [2.24, 2.45) is 0 Å². The minimum Gasteiger partial charge on any atom is -0.186 e. The van der Waals surface area contributed by atoms with Gasteiger partial charge in [-0.1, -0.05) is 29.4 Å². The molecule has 0 aromatic rings. The number of allylic oxidation sites excluding steroid dienone is 1. The van der Waals surface area contributed by atoms with E-state index in [9.17, 15) is 0 Å². The van der Waals surface area contributed by atoms with E-state index in [1.54, 1.807) is 0 Å². The first kappa shape index (κ1) is 10.6. The van der Waals surface area contributed by atoms with Crippen molar-refractivity contribution in [2.75, 3.05) is 0 Å². The molecule has 46 valence electrons. The van der Waals surface area contributed by atoms with Crippen LogP contribution in [0.5, 0.6) is 0 Å². The van der Waals surface area contributed by atoms with E-state index >= 15 is 0 Å². The van der Waals surface area contributed by atoms with Crippen molar-refractivity contribution < 1.29 is 9.59 Å². The van der Waals surface area contributed by atoms with E-state index in [4.69, 9.17) is 9.59 Å². The van der Waals surface area contributed by atoms with Crippen molar-refractivity contribution in [3.63, 3.8) is 0 Å². The average Bonchev–Trinajstić information content (AvgIpc) is 1.69. The van der Waals surface area contributed by atoms with Gasteiger partial charge in [0.15, 0.2) is 0 Å². The number of halogens is 1. The van der Waals surface area contributed by atoms with E-state index in [0.29, 0.717) is 0 Å². The highest BCUT2D eigenvalue weighted by Gasteiger charge is 1.70. The third-order valence-corrected chi connectivity index (χ3v) is 0.944. The van der Waals surface area contributed by atoms with Crippen molar-refractivity contribution >= 4 is 22.1 Å². The highest BCUT2D eigenvalue weighted by molar-refractivity contribution is 9.11. The zero-order valence-electron chi connectivity index (χ0n) is 4.61. The van der Waals surface area contributed by atoms with Crippen LogP contribution < -0.4 is 0 Å². The molecule has 3 heteroatoms. The van der Waals surface area contributed by atoms with E-state index in [0.717, 1.165) is 10.9 Å². The SMILES string of the molecule is C=C(Br)CC.O=C=O. The minimum atomic E-state index is 0.250. The molecule has 0 aromatic heterocycles. The van der Waals surface area contributed by atoms with Crippen LogP contribution in [0.3, 0.4) is 0 Å². The quantitative estimate of drug-likeness (QED) is 0.614. The Kier molecular flexibility index (Phi) is 12.9. The summed E-state index contributed by atoms with van der Waals surface area (Å²) in [6.45, 7) is 5.64. The molecule has 0 fully saturated rings. The second kappa shape index (κ2) is 9.78. The smallest absolute Gasteiger partial charge is 0.186 e. The van der Waals surface area contributed by atoms with Crippen molar-refractivity contribution in [3.8, 4) is 0 Å². The van der Waals surface area contributed by atoms with Gasteiger partial charge in [0.1, 0.15) is 0 Å². The summed E-state index contributed by atoms with van der Waals surface area (Å²) in [5, 5.41) is 0. The fourth-order valence-electron chi connectivity index (χ4n) is 0. The van der Waals surface area contributed by atoms with Crippen LogP contribution in [0.4, 0.5) is 0 Å². The molecule has 0 spiro atoms. The predicted octanol–water partition coefficient (Wildman–Crippen LogP) is 1.72. The van der Waals surface area contributed by atoms with Gasteiger partial charge in [0.25, 0.3) is 0 Å². The molecule has 0 N–H and O–H groups in total. The Bertz CT molecular complexity index is 92.6. The van der Waals surface area contributed by atoms with Crippen LogP contribution >= 0.6 is 15.9 Å². The van der Waals surface area contributed by atoms with Crippen molar-refractivity contribution in [2.45, 2.75) is 13.3 Å². The Hall–Kier alpha value is -0.400. The van der Waals surface area contributed by atoms with Gasteiger partial charge in [-0.3, -0.25) is 0 Å². The molecule has 0 aliphatic carbocycles. The maximum absolute atomic E-state index is 8.12. The maximum Gasteiger partial charge on any atom is 0.373 e. The first-order valence-corrected chi connectivity index (χ1v) is 2.80. The van der Waals surface area contributed by atoms with Gasteiger partial charge in [0, 0.05) is 0 Å². The molecule has 0 amide bonds. The van der Waals surface area contributed by atoms with Gasteiger partial charge in [0.2, 0.25) is 0 Å². The summed E-state index contributed by atoms with van der Waals surface area (Å²) < 4.78 is 1.07. The molecule has 8 heavy (non-hydrogen) atoms. The maximum atomic E-state index is 8.12. The number of hydrogen-bond acceptors (Lipinski definition) is 2. The van der Waals surface area contributed by atoms with E-state index in [1.807, 2.05) is 0 Å². The largest absolute Gasteiger partial charge is 0.373 e. The molecule has 0 radical (unpaired) electrons. The summed E-state index contributed by atoms with van der Waals surface area (Å²) >= 11 is 3.18. The van der Waals surface area contributed by atoms with Crippen LogP contribution in [0.2, 0.25) is 0 Å². The molecule has 0 heterocycles. The summed E-state index contributed by atoms with van der Waals surface area (Å²) in [6.07, 6.45) is 1.28. The molecule has 2 nitrogen and oxygen atoms in total. The Morgan fingerprint density at radius 3 is 1.88 bits per heavy atom. The number of hydrogen-bond donors (Lipinski definition) is 0. The Morgan fingerprint density at radius 2 is 1.88 bits per heavy atom. The number of rotatable bonds is 1. The highest BCUT2D eigenvalue weighted by Crippen LogP contribution is 2.02. The molecule has 0 rings (SSSR count). The van der Waals surface area contributed by atoms with Crippen molar-refractivity contribution in [1.29, 1.82) is 0 Å². The Balaban J connectivity index is 0. The molecule has 0 atom stereocenters.